The maximum absolute atomic E-state index is 12.4. The molecule has 0 aliphatic carbocycles. The molecule has 0 fully saturated rings. The van der Waals surface area contributed by atoms with E-state index in [0.29, 0.717) is 5.56 Å². The number of carboxylic acid groups (broad SMARTS) is 1. The number of hydrogen-bond acceptors (Lipinski definition) is 2. The first-order chi connectivity index (χ1) is 8.40. The van der Waals surface area contributed by atoms with Gasteiger partial charge in [-0.2, -0.15) is 0 Å². The van der Waals surface area contributed by atoms with Crippen molar-refractivity contribution in [1.29, 1.82) is 0 Å². The number of aliphatic carboxylic acids is 1. The molecule has 0 saturated carbocycles. The van der Waals surface area contributed by atoms with Gasteiger partial charge in [-0.05, 0) is 5.56 Å². The van der Waals surface area contributed by atoms with Crippen LogP contribution in [0.4, 0.5) is 8.78 Å². The van der Waals surface area contributed by atoms with Gasteiger partial charge in [0.05, 0.1) is 12.5 Å². The molecule has 18 heavy (non-hydrogen) atoms. The molecule has 0 aliphatic rings. The third-order valence-corrected chi connectivity index (χ3v) is 2.35. The van der Waals surface area contributed by atoms with E-state index in [-0.39, 0.29) is 17.9 Å². The van der Waals surface area contributed by atoms with Crippen LogP contribution in [0.25, 0.3) is 0 Å². The lowest BCUT2D eigenvalue weighted by Gasteiger charge is -2.16. The Bertz CT molecular complexity index is 415. The number of alkyl halides is 2. The van der Waals surface area contributed by atoms with Crippen molar-refractivity contribution in [2.24, 2.45) is 0 Å². The van der Waals surface area contributed by atoms with Gasteiger partial charge in [0.25, 0.3) is 6.43 Å². The van der Waals surface area contributed by atoms with Gasteiger partial charge in [-0.1, -0.05) is 24.3 Å². The number of nitrogens with one attached hydrogen (secondary N) is 1. The minimum absolute atomic E-state index is 0.143. The highest BCUT2D eigenvalue weighted by Gasteiger charge is 2.17. The molecule has 1 amide bonds. The number of amides is 1. The van der Waals surface area contributed by atoms with Crippen LogP contribution in [0.2, 0.25) is 0 Å². The SMILES string of the molecule is CC(=O)NC(CC(=O)O)c1ccc(C(F)F)cc1. The molecule has 98 valence electrons. The highest BCUT2D eigenvalue weighted by atomic mass is 19.3. The summed E-state index contributed by atoms with van der Waals surface area (Å²) in [5.74, 6) is -1.45. The molecule has 0 bridgehead atoms. The maximum Gasteiger partial charge on any atom is 0.305 e. The summed E-state index contributed by atoms with van der Waals surface area (Å²) in [6.45, 7) is 1.27. The number of hydrogen-bond donors (Lipinski definition) is 2. The topological polar surface area (TPSA) is 66.4 Å². The van der Waals surface area contributed by atoms with Crippen LogP contribution in [0.5, 0.6) is 0 Å². The van der Waals surface area contributed by atoms with Crippen molar-refractivity contribution in [2.45, 2.75) is 25.8 Å². The molecule has 1 atom stereocenters. The maximum atomic E-state index is 12.4. The zero-order valence-electron chi connectivity index (χ0n) is 9.69. The molecule has 1 aromatic rings. The molecule has 4 nitrogen and oxygen atoms in total. The lowest BCUT2D eigenvalue weighted by Crippen LogP contribution is -2.27. The number of halogens is 2. The molecule has 1 rings (SSSR count). The van der Waals surface area contributed by atoms with Crippen LogP contribution >= 0.6 is 0 Å². The number of carbonyl (C=O) groups is 2. The fraction of sp³-hybridized carbons (Fsp3) is 0.333. The third-order valence-electron chi connectivity index (χ3n) is 2.35. The monoisotopic (exact) mass is 257 g/mol. The summed E-state index contributed by atoms with van der Waals surface area (Å²) in [5.41, 5.74) is 0.340. The molecule has 6 heteroatoms. The van der Waals surface area contributed by atoms with E-state index >= 15 is 0 Å². The van der Waals surface area contributed by atoms with Crippen molar-refractivity contribution in [1.82, 2.24) is 5.32 Å². The quantitative estimate of drug-likeness (QED) is 0.850. The van der Waals surface area contributed by atoms with Gasteiger partial charge < -0.3 is 10.4 Å². The Kier molecular flexibility index (Phi) is 4.76. The fourth-order valence-corrected chi connectivity index (χ4v) is 1.55. The van der Waals surface area contributed by atoms with Crippen LogP contribution in [0.3, 0.4) is 0 Å². The molecule has 0 aliphatic heterocycles. The van der Waals surface area contributed by atoms with E-state index in [2.05, 4.69) is 5.32 Å². The summed E-state index contributed by atoms with van der Waals surface area (Å²) < 4.78 is 24.7. The van der Waals surface area contributed by atoms with E-state index in [9.17, 15) is 18.4 Å². The van der Waals surface area contributed by atoms with E-state index < -0.39 is 18.4 Å². The van der Waals surface area contributed by atoms with Crippen molar-refractivity contribution in [2.75, 3.05) is 0 Å². The van der Waals surface area contributed by atoms with E-state index in [1.165, 1.54) is 31.2 Å². The van der Waals surface area contributed by atoms with Crippen LogP contribution < -0.4 is 5.32 Å². The van der Waals surface area contributed by atoms with Crippen molar-refractivity contribution < 1.29 is 23.5 Å². The predicted molar refractivity (Wildman–Crippen MR) is 60.2 cm³/mol. The normalized spacial score (nSPS) is 12.2. The molecule has 0 radical (unpaired) electrons. The number of rotatable bonds is 5. The molecular weight excluding hydrogens is 244 g/mol. The van der Waals surface area contributed by atoms with E-state index in [4.69, 9.17) is 5.11 Å². The third kappa shape index (κ3) is 4.12. The van der Waals surface area contributed by atoms with Gasteiger partial charge >= 0.3 is 5.97 Å². The van der Waals surface area contributed by atoms with Gasteiger partial charge in [0.1, 0.15) is 0 Å². The standard InChI is InChI=1S/C12H13F2NO3/c1-7(16)15-10(6-11(17)18)8-2-4-9(5-3-8)12(13)14/h2-5,10,12H,6H2,1H3,(H,15,16)(H,17,18). The molecule has 1 aromatic carbocycles. The Balaban J connectivity index is 2.90. The van der Waals surface area contributed by atoms with Gasteiger partial charge in [0, 0.05) is 12.5 Å². The molecule has 0 aromatic heterocycles. The molecule has 2 N–H and O–H groups in total. The zero-order valence-corrected chi connectivity index (χ0v) is 9.69. The Morgan fingerprint density at radius 2 is 1.72 bits per heavy atom. The largest absolute Gasteiger partial charge is 0.481 e. The first kappa shape index (κ1) is 14.1. The summed E-state index contributed by atoms with van der Waals surface area (Å²) >= 11 is 0. The van der Waals surface area contributed by atoms with Crippen molar-refractivity contribution in [3.8, 4) is 0 Å². The van der Waals surface area contributed by atoms with Crippen molar-refractivity contribution >= 4 is 11.9 Å². The van der Waals surface area contributed by atoms with Crippen LogP contribution in [-0.4, -0.2) is 17.0 Å². The highest BCUT2D eigenvalue weighted by molar-refractivity contribution is 5.75. The molecular formula is C12H13F2NO3. The molecule has 0 spiro atoms. The Labute approximate surface area is 103 Å². The lowest BCUT2D eigenvalue weighted by atomic mass is 10.0. The van der Waals surface area contributed by atoms with E-state index in [1.54, 1.807) is 0 Å². The molecule has 0 heterocycles. The first-order valence-corrected chi connectivity index (χ1v) is 5.27. The van der Waals surface area contributed by atoms with Gasteiger partial charge in [-0.15, -0.1) is 0 Å². The zero-order chi connectivity index (χ0) is 13.7. The fourth-order valence-electron chi connectivity index (χ4n) is 1.55. The summed E-state index contributed by atoms with van der Waals surface area (Å²) in [4.78, 5) is 21.6. The second-order valence-corrected chi connectivity index (χ2v) is 3.82. The predicted octanol–water partition coefficient (Wildman–Crippen LogP) is 2.28. The lowest BCUT2D eigenvalue weighted by molar-refractivity contribution is -0.137. The molecule has 0 saturated heterocycles. The summed E-state index contributed by atoms with van der Waals surface area (Å²) in [6, 6.07) is 4.51. The van der Waals surface area contributed by atoms with Crippen LogP contribution in [0, 0.1) is 0 Å². The minimum atomic E-state index is -2.57. The van der Waals surface area contributed by atoms with Gasteiger partial charge in [0.2, 0.25) is 5.91 Å². The van der Waals surface area contributed by atoms with Gasteiger partial charge in [-0.3, -0.25) is 9.59 Å². The van der Waals surface area contributed by atoms with E-state index in [0.717, 1.165) is 0 Å². The van der Waals surface area contributed by atoms with E-state index in [1.807, 2.05) is 0 Å². The smallest absolute Gasteiger partial charge is 0.305 e. The summed E-state index contributed by atoms with van der Waals surface area (Å²) in [5, 5.41) is 11.2. The Morgan fingerprint density at radius 1 is 1.22 bits per heavy atom. The molecule has 1 unspecified atom stereocenters. The summed E-state index contributed by atoms with van der Waals surface area (Å²) in [7, 11) is 0. The number of carboxylic acids is 1. The average Bonchev–Trinajstić information content (AvgIpc) is 2.27. The van der Waals surface area contributed by atoms with Crippen LogP contribution in [-0.2, 0) is 9.59 Å². The highest BCUT2D eigenvalue weighted by Crippen LogP contribution is 2.22. The average molecular weight is 257 g/mol. The van der Waals surface area contributed by atoms with Gasteiger partial charge in [0.15, 0.2) is 0 Å². The number of benzene rings is 1. The van der Waals surface area contributed by atoms with Crippen LogP contribution in [0.1, 0.15) is 36.9 Å². The Morgan fingerprint density at radius 3 is 2.11 bits per heavy atom. The second kappa shape index (κ2) is 6.09. The first-order valence-electron chi connectivity index (χ1n) is 5.27. The second-order valence-electron chi connectivity index (χ2n) is 3.82. The van der Waals surface area contributed by atoms with Crippen molar-refractivity contribution in [3.05, 3.63) is 35.4 Å². The summed E-state index contributed by atoms with van der Waals surface area (Å²) in [6.07, 6.45) is -2.87. The van der Waals surface area contributed by atoms with Crippen molar-refractivity contribution in [3.63, 3.8) is 0 Å². The Hall–Kier alpha value is -1.98. The minimum Gasteiger partial charge on any atom is -0.481 e. The van der Waals surface area contributed by atoms with Crippen LogP contribution in [0.15, 0.2) is 24.3 Å². The number of carbonyl (C=O) groups excluding carboxylic acids is 1. The van der Waals surface area contributed by atoms with Gasteiger partial charge in [-0.25, -0.2) is 8.78 Å².